The Morgan fingerprint density at radius 2 is 1.74 bits per heavy atom. The standard InChI is InChI=1S/C14H21F3N2/c1-13(2,3)9-19(4)8-10-5-6-11(18)7-12(10)14(15,16)17/h5-7H,8-9,18H2,1-4H3. The van der Waals surface area contributed by atoms with Gasteiger partial charge in [0.15, 0.2) is 0 Å². The van der Waals surface area contributed by atoms with Crippen molar-refractivity contribution in [3.05, 3.63) is 29.3 Å². The number of benzene rings is 1. The van der Waals surface area contributed by atoms with Gasteiger partial charge in [0.05, 0.1) is 5.56 Å². The lowest BCUT2D eigenvalue weighted by Gasteiger charge is -2.27. The summed E-state index contributed by atoms with van der Waals surface area (Å²) < 4.78 is 38.8. The van der Waals surface area contributed by atoms with Crippen LogP contribution < -0.4 is 5.73 Å². The minimum Gasteiger partial charge on any atom is -0.399 e. The highest BCUT2D eigenvalue weighted by Crippen LogP contribution is 2.34. The molecule has 1 rings (SSSR count). The molecule has 2 N–H and O–H groups in total. The lowest BCUT2D eigenvalue weighted by Crippen LogP contribution is -2.29. The first-order valence-electron chi connectivity index (χ1n) is 6.13. The van der Waals surface area contributed by atoms with E-state index in [9.17, 15) is 13.2 Å². The van der Waals surface area contributed by atoms with Crippen molar-refractivity contribution >= 4 is 5.69 Å². The molecule has 0 atom stereocenters. The van der Waals surface area contributed by atoms with Crippen LogP contribution in [0.5, 0.6) is 0 Å². The molecule has 1 aromatic rings. The second-order valence-electron chi connectivity index (χ2n) is 6.15. The Morgan fingerprint density at radius 3 is 2.21 bits per heavy atom. The Kier molecular flexibility index (Phi) is 4.50. The number of halogens is 3. The molecule has 0 aliphatic carbocycles. The SMILES string of the molecule is CN(Cc1ccc(N)cc1C(F)(F)F)CC(C)(C)C. The topological polar surface area (TPSA) is 29.3 Å². The van der Waals surface area contributed by atoms with E-state index in [0.717, 1.165) is 6.07 Å². The highest BCUT2D eigenvalue weighted by atomic mass is 19.4. The van der Waals surface area contributed by atoms with Crippen molar-refractivity contribution in [2.45, 2.75) is 33.5 Å². The average molecular weight is 274 g/mol. The van der Waals surface area contributed by atoms with Gasteiger partial charge in [-0.15, -0.1) is 0 Å². The molecule has 0 aliphatic rings. The molecular weight excluding hydrogens is 253 g/mol. The largest absolute Gasteiger partial charge is 0.416 e. The molecule has 0 spiro atoms. The van der Waals surface area contributed by atoms with Crippen LogP contribution in [0.4, 0.5) is 18.9 Å². The summed E-state index contributed by atoms with van der Waals surface area (Å²) >= 11 is 0. The average Bonchev–Trinajstić information content (AvgIpc) is 2.16. The van der Waals surface area contributed by atoms with Crippen molar-refractivity contribution in [2.75, 3.05) is 19.3 Å². The second kappa shape index (κ2) is 5.41. The highest BCUT2D eigenvalue weighted by molar-refractivity contribution is 5.46. The summed E-state index contributed by atoms with van der Waals surface area (Å²) in [5.41, 5.74) is 5.23. The summed E-state index contributed by atoms with van der Waals surface area (Å²) in [4.78, 5) is 1.89. The van der Waals surface area contributed by atoms with Gasteiger partial charge in [-0.25, -0.2) is 0 Å². The number of hydrogen-bond donors (Lipinski definition) is 1. The van der Waals surface area contributed by atoms with Crippen molar-refractivity contribution in [2.24, 2.45) is 5.41 Å². The first kappa shape index (κ1) is 15.8. The Balaban J connectivity index is 2.95. The van der Waals surface area contributed by atoms with E-state index in [2.05, 4.69) is 20.8 Å². The monoisotopic (exact) mass is 274 g/mol. The van der Waals surface area contributed by atoms with Gasteiger partial charge in [-0.2, -0.15) is 13.2 Å². The maximum Gasteiger partial charge on any atom is 0.416 e. The van der Waals surface area contributed by atoms with Gasteiger partial charge in [0.1, 0.15) is 0 Å². The molecule has 0 aromatic heterocycles. The number of hydrogen-bond acceptors (Lipinski definition) is 2. The van der Waals surface area contributed by atoms with Crippen LogP contribution in [0.3, 0.4) is 0 Å². The number of alkyl halides is 3. The Hall–Kier alpha value is -1.23. The van der Waals surface area contributed by atoms with Crippen LogP contribution in [0, 0.1) is 5.41 Å². The zero-order chi connectivity index (χ0) is 14.8. The molecule has 0 amide bonds. The van der Waals surface area contributed by atoms with Gasteiger partial charge in [-0.3, -0.25) is 0 Å². The third-order valence-corrected chi connectivity index (χ3v) is 2.62. The lowest BCUT2D eigenvalue weighted by atomic mass is 9.96. The molecule has 0 aliphatic heterocycles. The summed E-state index contributed by atoms with van der Waals surface area (Å²) in [6.07, 6.45) is -4.37. The molecule has 0 unspecified atom stereocenters. The Labute approximate surface area is 112 Å². The predicted octanol–water partition coefficient (Wildman–Crippen LogP) is 3.77. The van der Waals surface area contributed by atoms with Crippen molar-refractivity contribution in [3.8, 4) is 0 Å². The summed E-state index contributed by atoms with van der Waals surface area (Å²) in [7, 11) is 1.82. The maximum atomic E-state index is 12.9. The van der Waals surface area contributed by atoms with Crippen LogP contribution in [0.1, 0.15) is 31.9 Å². The number of rotatable bonds is 3. The fraction of sp³-hybridized carbons (Fsp3) is 0.571. The summed E-state index contributed by atoms with van der Waals surface area (Å²) in [5.74, 6) is 0. The highest BCUT2D eigenvalue weighted by Gasteiger charge is 2.33. The normalized spacial score (nSPS) is 13.1. The van der Waals surface area contributed by atoms with Gasteiger partial charge < -0.3 is 10.6 Å². The van der Waals surface area contributed by atoms with Crippen LogP contribution in [0.25, 0.3) is 0 Å². The van der Waals surface area contributed by atoms with E-state index < -0.39 is 11.7 Å². The van der Waals surface area contributed by atoms with Gasteiger partial charge in [0.25, 0.3) is 0 Å². The minimum atomic E-state index is -4.37. The minimum absolute atomic E-state index is 0.0426. The van der Waals surface area contributed by atoms with Crippen LogP contribution in [0.2, 0.25) is 0 Å². The number of nitrogens with zero attached hydrogens (tertiary/aromatic N) is 1. The van der Waals surface area contributed by atoms with Gasteiger partial charge in [0, 0.05) is 18.8 Å². The molecular formula is C14H21F3N2. The molecule has 0 saturated carbocycles. The molecule has 2 nitrogen and oxygen atoms in total. The van der Waals surface area contributed by atoms with Crippen LogP contribution >= 0.6 is 0 Å². The fourth-order valence-corrected chi connectivity index (χ4v) is 2.15. The predicted molar refractivity (Wildman–Crippen MR) is 71.6 cm³/mol. The lowest BCUT2D eigenvalue weighted by molar-refractivity contribution is -0.138. The molecule has 0 bridgehead atoms. The number of nitrogen functional groups attached to an aromatic ring is 1. The maximum absolute atomic E-state index is 12.9. The molecule has 108 valence electrons. The van der Waals surface area contributed by atoms with Crippen molar-refractivity contribution in [3.63, 3.8) is 0 Å². The zero-order valence-electron chi connectivity index (χ0n) is 11.8. The van der Waals surface area contributed by atoms with Gasteiger partial charge in [-0.05, 0) is 30.2 Å². The molecule has 19 heavy (non-hydrogen) atoms. The second-order valence-corrected chi connectivity index (χ2v) is 6.15. The van der Waals surface area contributed by atoms with Crippen LogP contribution in [-0.4, -0.2) is 18.5 Å². The van der Waals surface area contributed by atoms with Crippen LogP contribution in [0.15, 0.2) is 18.2 Å². The summed E-state index contributed by atoms with van der Waals surface area (Å²) in [6, 6.07) is 3.97. The van der Waals surface area contributed by atoms with Crippen LogP contribution in [-0.2, 0) is 12.7 Å². The quantitative estimate of drug-likeness (QED) is 0.850. The number of anilines is 1. The Bertz CT molecular complexity index is 433. The van der Waals surface area contributed by atoms with Crippen molar-refractivity contribution in [1.29, 1.82) is 0 Å². The van der Waals surface area contributed by atoms with E-state index in [1.165, 1.54) is 12.1 Å². The third kappa shape index (κ3) is 5.11. The van der Waals surface area contributed by atoms with E-state index in [4.69, 9.17) is 5.73 Å². The summed E-state index contributed by atoms with van der Waals surface area (Å²) in [5, 5.41) is 0. The fourth-order valence-electron chi connectivity index (χ4n) is 2.15. The summed E-state index contributed by atoms with van der Waals surface area (Å²) in [6.45, 7) is 7.13. The smallest absolute Gasteiger partial charge is 0.399 e. The van der Waals surface area contributed by atoms with E-state index in [1.54, 1.807) is 0 Å². The van der Waals surface area contributed by atoms with E-state index in [-0.39, 0.29) is 23.2 Å². The van der Waals surface area contributed by atoms with Gasteiger partial charge >= 0.3 is 6.18 Å². The molecule has 1 aromatic carbocycles. The first-order chi connectivity index (χ1) is 8.49. The van der Waals surface area contributed by atoms with Crippen molar-refractivity contribution < 1.29 is 13.2 Å². The molecule has 0 fully saturated rings. The molecule has 0 saturated heterocycles. The Morgan fingerprint density at radius 1 is 1.16 bits per heavy atom. The molecule has 0 radical (unpaired) electrons. The zero-order valence-corrected chi connectivity index (χ0v) is 11.8. The van der Waals surface area contributed by atoms with Gasteiger partial charge in [0.2, 0.25) is 0 Å². The molecule has 0 heterocycles. The van der Waals surface area contributed by atoms with E-state index >= 15 is 0 Å². The van der Waals surface area contributed by atoms with E-state index in [1.807, 2.05) is 11.9 Å². The number of nitrogens with two attached hydrogens (primary N) is 1. The molecule has 5 heteroatoms. The van der Waals surface area contributed by atoms with E-state index in [0.29, 0.717) is 6.54 Å². The third-order valence-electron chi connectivity index (χ3n) is 2.62. The first-order valence-corrected chi connectivity index (χ1v) is 6.13. The van der Waals surface area contributed by atoms with Crippen molar-refractivity contribution in [1.82, 2.24) is 4.90 Å². The van der Waals surface area contributed by atoms with Gasteiger partial charge in [-0.1, -0.05) is 26.8 Å².